The van der Waals surface area contributed by atoms with Crippen LogP contribution in [0.2, 0.25) is 0 Å². The summed E-state index contributed by atoms with van der Waals surface area (Å²) in [6.07, 6.45) is 0.168. The Labute approximate surface area is 70.8 Å². The summed E-state index contributed by atoms with van der Waals surface area (Å²) in [5.41, 5.74) is 0. The van der Waals surface area contributed by atoms with E-state index < -0.39 is 6.10 Å². The lowest BCUT2D eigenvalue weighted by atomic mass is 10.2. The van der Waals surface area contributed by atoms with Crippen molar-refractivity contribution in [2.24, 2.45) is 0 Å². The SMILES string of the molecule is CCC(O)c1ccc(CCl)o1. The van der Waals surface area contributed by atoms with Crippen molar-refractivity contribution in [3.63, 3.8) is 0 Å². The van der Waals surface area contributed by atoms with Crippen molar-refractivity contribution in [3.8, 4) is 0 Å². The van der Waals surface area contributed by atoms with Crippen molar-refractivity contribution < 1.29 is 9.52 Å². The standard InChI is InChI=1S/C8H11ClO2/c1-2-7(10)8-4-3-6(5-9)11-8/h3-4,7,10H,2,5H2,1H3. The lowest BCUT2D eigenvalue weighted by Crippen LogP contribution is -1.91. The molecule has 0 saturated heterocycles. The number of alkyl halides is 1. The summed E-state index contributed by atoms with van der Waals surface area (Å²) in [6.45, 7) is 1.90. The molecule has 1 aromatic rings. The molecular formula is C8H11ClO2. The predicted octanol–water partition coefficient (Wildman–Crippen LogP) is 2.46. The third-order valence-electron chi connectivity index (χ3n) is 1.53. The molecule has 0 aliphatic carbocycles. The van der Waals surface area contributed by atoms with Gasteiger partial charge in [-0.05, 0) is 18.6 Å². The van der Waals surface area contributed by atoms with Crippen LogP contribution in [-0.4, -0.2) is 5.11 Å². The van der Waals surface area contributed by atoms with Gasteiger partial charge in [-0.2, -0.15) is 0 Å². The first-order valence-electron chi connectivity index (χ1n) is 3.60. The third-order valence-corrected chi connectivity index (χ3v) is 1.79. The molecule has 0 fully saturated rings. The van der Waals surface area contributed by atoms with Crippen molar-refractivity contribution >= 4 is 11.6 Å². The zero-order chi connectivity index (χ0) is 8.27. The van der Waals surface area contributed by atoms with E-state index in [1.807, 2.05) is 6.92 Å². The van der Waals surface area contributed by atoms with Gasteiger partial charge in [0.2, 0.25) is 0 Å². The van der Waals surface area contributed by atoms with Gasteiger partial charge in [0.25, 0.3) is 0 Å². The maximum atomic E-state index is 9.30. The average Bonchev–Trinajstić information content (AvgIpc) is 2.50. The first-order chi connectivity index (χ1) is 5.27. The van der Waals surface area contributed by atoms with Gasteiger partial charge >= 0.3 is 0 Å². The second kappa shape index (κ2) is 3.79. The molecule has 0 bridgehead atoms. The lowest BCUT2D eigenvalue weighted by Gasteiger charge is -2.01. The van der Waals surface area contributed by atoms with E-state index in [1.54, 1.807) is 12.1 Å². The van der Waals surface area contributed by atoms with Gasteiger partial charge in [0.15, 0.2) is 0 Å². The fourth-order valence-electron chi connectivity index (χ4n) is 0.847. The van der Waals surface area contributed by atoms with Crippen molar-refractivity contribution in [1.29, 1.82) is 0 Å². The van der Waals surface area contributed by atoms with E-state index in [4.69, 9.17) is 16.0 Å². The van der Waals surface area contributed by atoms with Crippen LogP contribution in [-0.2, 0) is 5.88 Å². The zero-order valence-electron chi connectivity index (χ0n) is 6.38. The number of rotatable bonds is 3. The van der Waals surface area contributed by atoms with Crippen molar-refractivity contribution in [3.05, 3.63) is 23.7 Å². The molecule has 0 saturated carbocycles. The predicted molar refractivity (Wildman–Crippen MR) is 43.5 cm³/mol. The molecule has 0 aromatic carbocycles. The molecule has 11 heavy (non-hydrogen) atoms. The molecule has 1 atom stereocenters. The van der Waals surface area contributed by atoms with Crippen LogP contribution in [0.4, 0.5) is 0 Å². The van der Waals surface area contributed by atoms with Crippen LogP contribution in [0.15, 0.2) is 16.5 Å². The number of halogens is 1. The van der Waals surface area contributed by atoms with Crippen LogP contribution in [0.3, 0.4) is 0 Å². The van der Waals surface area contributed by atoms with Gasteiger partial charge in [-0.1, -0.05) is 6.92 Å². The van der Waals surface area contributed by atoms with Crippen LogP contribution < -0.4 is 0 Å². The van der Waals surface area contributed by atoms with Gasteiger partial charge < -0.3 is 9.52 Å². The van der Waals surface area contributed by atoms with Gasteiger partial charge in [0.1, 0.15) is 17.6 Å². The van der Waals surface area contributed by atoms with Crippen molar-refractivity contribution in [2.45, 2.75) is 25.3 Å². The van der Waals surface area contributed by atoms with Crippen LogP contribution in [0, 0.1) is 0 Å². The van der Waals surface area contributed by atoms with Gasteiger partial charge in [-0.15, -0.1) is 11.6 Å². The Morgan fingerprint density at radius 3 is 2.82 bits per heavy atom. The molecule has 1 unspecified atom stereocenters. The molecule has 1 N–H and O–H groups in total. The highest BCUT2D eigenvalue weighted by atomic mass is 35.5. The van der Waals surface area contributed by atoms with Crippen molar-refractivity contribution in [1.82, 2.24) is 0 Å². The van der Waals surface area contributed by atoms with Crippen LogP contribution in [0.1, 0.15) is 31.0 Å². The Morgan fingerprint density at radius 2 is 2.36 bits per heavy atom. The van der Waals surface area contributed by atoms with E-state index in [0.29, 0.717) is 23.8 Å². The molecule has 0 aliphatic rings. The van der Waals surface area contributed by atoms with Gasteiger partial charge in [0.05, 0.1) is 5.88 Å². The van der Waals surface area contributed by atoms with Crippen molar-refractivity contribution in [2.75, 3.05) is 0 Å². The summed E-state index contributed by atoms with van der Waals surface area (Å²) in [5, 5.41) is 9.30. The summed E-state index contributed by atoms with van der Waals surface area (Å²) in [4.78, 5) is 0. The molecule has 0 amide bonds. The average molecular weight is 175 g/mol. The highest BCUT2D eigenvalue weighted by molar-refractivity contribution is 6.16. The Hall–Kier alpha value is -0.470. The van der Waals surface area contributed by atoms with Crippen LogP contribution >= 0.6 is 11.6 Å². The fraction of sp³-hybridized carbons (Fsp3) is 0.500. The lowest BCUT2D eigenvalue weighted by molar-refractivity contribution is 0.144. The summed E-state index contributed by atoms with van der Waals surface area (Å²) < 4.78 is 5.20. The maximum absolute atomic E-state index is 9.30. The van der Waals surface area contributed by atoms with Crippen LogP contribution in [0.25, 0.3) is 0 Å². The monoisotopic (exact) mass is 174 g/mol. The minimum Gasteiger partial charge on any atom is -0.462 e. The van der Waals surface area contributed by atoms with E-state index in [9.17, 15) is 5.11 Å². The summed E-state index contributed by atoms with van der Waals surface area (Å²) >= 11 is 5.51. The minimum absolute atomic E-state index is 0.358. The smallest absolute Gasteiger partial charge is 0.132 e. The van der Waals surface area contributed by atoms with E-state index in [0.717, 1.165) is 0 Å². The highest BCUT2D eigenvalue weighted by Crippen LogP contribution is 2.19. The quantitative estimate of drug-likeness (QED) is 0.715. The fourth-order valence-corrected chi connectivity index (χ4v) is 0.990. The Bertz CT molecular complexity index is 220. The first kappa shape index (κ1) is 8.62. The Kier molecular flexibility index (Phi) is 2.97. The maximum Gasteiger partial charge on any atom is 0.132 e. The number of aliphatic hydroxyl groups excluding tert-OH is 1. The molecule has 1 heterocycles. The summed E-state index contributed by atoms with van der Waals surface area (Å²) in [7, 11) is 0. The first-order valence-corrected chi connectivity index (χ1v) is 4.14. The number of furan rings is 1. The summed E-state index contributed by atoms with van der Waals surface area (Å²) in [5.74, 6) is 1.66. The van der Waals surface area contributed by atoms with Gasteiger partial charge in [-0.25, -0.2) is 0 Å². The molecular weight excluding hydrogens is 164 g/mol. The number of hydrogen-bond donors (Lipinski definition) is 1. The normalized spacial score (nSPS) is 13.4. The molecule has 0 aliphatic heterocycles. The number of aliphatic hydroxyl groups is 1. The van der Waals surface area contributed by atoms with E-state index in [-0.39, 0.29) is 0 Å². The highest BCUT2D eigenvalue weighted by Gasteiger charge is 2.08. The van der Waals surface area contributed by atoms with E-state index in [2.05, 4.69) is 0 Å². The van der Waals surface area contributed by atoms with E-state index in [1.165, 1.54) is 0 Å². The third kappa shape index (κ3) is 1.98. The molecule has 62 valence electrons. The Morgan fingerprint density at radius 1 is 1.64 bits per heavy atom. The molecule has 2 nitrogen and oxygen atoms in total. The van der Waals surface area contributed by atoms with Crippen LogP contribution in [0.5, 0.6) is 0 Å². The topological polar surface area (TPSA) is 33.4 Å². The van der Waals surface area contributed by atoms with Gasteiger partial charge in [-0.3, -0.25) is 0 Å². The largest absolute Gasteiger partial charge is 0.462 e. The number of hydrogen-bond acceptors (Lipinski definition) is 2. The summed E-state index contributed by atoms with van der Waals surface area (Å²) in [6, 6.07) is 3.53. The zero-order valence-corrected chi connectivity index (χ0v) is 7.14. The molecule has 1 rings (SSSR count). The molecule has 3 heteroatoms. The second-order valence-electron chi connectivity index (χ2n) is 2.36. The minimum atomic E-state index is -0.494. The van der Waals surface area contributed by atoms with E-state index >= 15 is 0 Å². The molecule has 0 radical (unpaired) electrons. The van der Waals surface area contributed by atoms with Gasteiger partial charge in [0, 0.05) is 0 Å². The molecule has 1 aromatic heterocycles. The second-order valence-corrected chi connectivity index (χ2v) is 2.63. The Balaban J connectivity index is 2.71. The molecule has 0 spiro atoms.